The van der Waals surface area contributed by atoms with Crippen molar-refractivity contribution in [3.05, 3.63) is 24.5 Å². The van der Waals surface area contributed by atoms with Gasteiger partial charge >= 0.3 is 6.03 Å². The fraction of sp³-hybridized carbons (Fsp3) is 0.579. The van der Waals surface area contributed by atoms with E-state index < -0.39 is 0 Å². The molecule has 0 radical (unpaired) electrons. The maximum Gasteiger partial charge on any atom is 0.321 e. The maximum atomic E-state index is 12.7. The zero-order valence-corrected chi connectivity index (χ0v) is 15.9. The SMILES string of the molecule is CC(C)CN1CCN(C(=O)Nc2ccc3c(c2)ncn3C)C[C@@H]1CCO. The molecule has 1 aliphatic heterocycles. The first-order valence-corrected chi connectivity index (χ1v) is 9.30. The number of nitrogens with zero attached hydrogens (tertiary/aromatic N) is 4. The number of carbonyl (C=O) groups excluding carboxylic acids is 1. The molecule has 0 unspecified atom stereocenters. The van der Waals surface area contributed by atoms with Crippen LogP contribution in [0.3, 0.4) is 0 Å². The van der Waals surface area contributed by atoms with Crippen LogP contribution in [0.5, 0.6) is 0 Å². The number of benzene rings is 1. The van der Waals surface area contributed by atoms with Crippen LogP contribution in [0.2, 0.25) is 0 Å². The Balaban J connectivity index is 1.65. The van der Waals surface area contributed by atoms with E-state index in [9.17, 15) is 9.90 Å². The topological polar surface area (TPSA) is 73.6 Å². The lowest BCUT2D eigenvalue weighted by molar-refractivity contribution is 0.0689. The number of urea groups is 1. The molecule has 3 rings (SSSR count). The highest BCUT2D eigenvalue weighted by Crippen LogP contribution is 2.19. The summed E-state index contributed by atoms with van der Waals surface area (Å²) >= 11 is 0. The number of anilines is 1. The van der Waals surface area contributed by atoms with Crippen LogP contribution in [0.15, 0.2) is 24.5 Å². The minimum atomic E-state index is -0.0904. The summed E-state index contributed by atoms with van der Waals surface area (Å²) in [5.74, 6) is 0.571. The zero-order chi connectivity index (χ0) is 18.7. The van der Waals surface area contributed by atoms with Crippen LogP contribution in [0.4, 0.5) is 10.5 Å². The number of carbonyl (C=O) groups is 1. The molecule has 26 heavy (non-hydrogen) atoms. The summed E-state index contributed by atoms with van der Waals surface area (Å²) in [5.41, 5.74) is 2.66. The Morgan fingerprint density at radius 2 is 2.19 bits per heavy atom. The van der Waals surface area contributed by atoms with E-state index in [0.29, 0.717) is 25.4 Å². The number of aromatic nitrogens is 2. The number of hydrogen-bond acceptors (Lipinski definition) is 4. The number of aliphatic hydroxyl groups excluding tert-OH is 1. The Morgan fingerprint density at radius 1 is 1.38 bits per heavy atom. The molecule has 1 atom stereocenters. The number of nitrogens with one attached hydrogen (secondary N) is 1. The van der Waals surface area contributed by atoms with Gasteiger partial charge in [0.2, 0.25) is 0 Å². The molecule has 7 nitrogen and oxygen atoms in total. The quantitative estimate of drug-likeness (QED) is 0.858. The van der Waals surface area contributed by atoms with Crippen molar-refractivity contribution in [2.45, 2.75) is 26.3 Å². The Kier molecular flexibility index (Phi) is 5.78. The highest BCUT2D eigenvalue weighted by Gasteiger charge is 2.29. The Labute approximate surface area is 154 Å². The van der Waals surface area contributed by atoms with Crippen molar-refractivity contribution < 1.29 is 9.90 Å². The molecule has 0 saturated carbocycles. The Morgan fingerprint density at radius 3 is 2.92 bits per heavy atom. The summed E-state index contributed by atoms with van der Waals surface area (Å²) in [6.45, 7) is 7.72. The molecule has 1 saturated heterocycles. The lowest BCUT2D eigenvalue weighted by atomic mass is 10.1. The van der Waals surface area contributed by atoms with Gasteiger partial charge in [0.15, 0.2) is 0 Å². The van der Waals surface area contributed by atoms with E-state index in [0.717, 1.165) is 29.8 Å². The lowest BCUT2D eigenvalue weighted by Gasteiger charge is -2.42. The summed E-state index contributed by atoms with van der Waals surface area (Å²) in [6.07, 6.45) is 2.46. The van der Waals surface area contributed by atoms with Gasteiger partial charge in [-0.15, -0.1) is 0 Å². The number of fused-ring (bicyclic) bond motifs is 1. The van der Waals surface area contributed by atoms with E-state index in [4.69, 9.17) is 0 Å². The molecule has 2 N–H and O–H groups in total. The molecule has 1 aliphatic rings. The molecular formula is C19H29N5O2. The minimum Gasteiger partial charge on any atom is -0.396 e. The van der Waals surface area contributed by atoms with Crippen LogP contribution >= 0.6 is 0 Å². The van der Waals surface area contributed by atoms with E-state index in [1.807, 2.05) is 34.7 Å². The largest absolute Gasteiger partial charge is 0.396 e. The molecule has 0 aliphatic carbocycles. The lowest BCUT2D eigenvalue weighted by Crippen LogP contribution is -2.56. The van der Waals surface area contributed by atoms with E-state index in [1.54, 1.807) is 6.33 Å². The second kappa shape index (κ2) is 8.05. The van der Waals surface area contributed by atoms with Crippen molar-refractivity contribution in [1.29, 1.82) is 0 Å². The molecule has 0 spiro atoms. The van der Waals surface area contributed by atoms with Gasteiger partial charge in [-0.1, -0.05) is 13.8 Å². The van der Waals surface area contributed by atoms with Crippen LogP contribution < -0.4 is 5.32 Å². The number of aliphatic hydroxyl groups is 1. The van der Waals surface area contributed by atoms with E-state index in [1.165, 1.54) is 0 Å². The smallest absolute Gasteiger partial charge is 0.321 e. The molecule has 2 amide bonds. The normalized spacial score (nSPS) is 18.7. The predicted octanol–water partition coefficient (Wildman–Crippen LogP) is 2.13. The van der Waals surface area contributed by atoms with Gasteiger partial charge in [-0.05, 0) is 30.5 Å². The third-order valence-electron chi connectivity index (χ3n) is 4.93. The second-order valence-electron chi connectivity index (χ2n) is 7.49. The predicted molar refractivity (Wildman–Crippen MR) is 103 cm³/mol. The molecule has 7 heteroatoms. The molecule has 2 aromatic rings. The Bertz CT molecular complexity index is 757. The van der Waals surface area contributed by atoms with Crippen molar-refractivity contribution in [3.63, 3.8) is 0 Å². The first-order chi connectivity index (χ1) is 12.5. The molecule has 0 bridgehead atoms. The van der Waals surface area contributed by atoms with Gasteiger partial charge in [0.25, 0.3) is 0 Å². The summed E-state index contributed by atoms with van der Waals surface area (Å²) in [7, 11) is 1.95. The molecule has 2 heterocycles. The number of hydrogen-bond donors (Lipinski definition) is 2. The van der Waals surface area contributed by atoms with Gasteiger partial charge in [0, 0.05) is 51.6 Å². The van der Waals surface area contributed by atoms with Gasteiger partial charge in [0.1, 0.15) is 0 Å². The summed E-state index contributed by atoms with van der Waals surface area (Å²) in [6, 6.07) is 5.88. The van der Waals surface area contributed by atoms with Crippen LogP contribution in [-0.4, -0.2) is 69.3 Å². The first-order valence-electron chi connectivity index (χ1n) is 9.30. The number of piperazine rings is 1. The first kappa shape index (κ1) is 18.7. The maximum absolute atomic E-state index is 12.7. The van der Waals surface area contributed by atoms with E-state index in [-0.39, 0.29) is 18.7 Å². The molecule has 142 valence electrons. The fourth-order valence-electron chi connectivity index (χ4n) is 3.63. The number of rotatable bonds is 5. The van der Waals surface area contributed by atoms with Crippen LogP contribution in [-0.2, 0) is 7.05 Å². The van der Waals surface area contributed by atoms with Gasteiger partial charge < -0.3 is 19.9 Å². The van der Waals surface area contributed by atoms with Crippen molar-refractivity contribution in [2.24, 2.45) is 13.0 Å². The fourth-order valence-corrected chi connectivity index (χ4v) is 3.63. The molecular weight excluding hydrogens is 330 g/mol. The van der Waals surface area contributed by atoms with Crippen molar-refractivity contribution in [1.82, 2.24) is 19.4 Å². The highest BCUT2D eigenvalue weighted by molar-refractivity contribution is 5.92. The third-order valence-corrected chi connectivity index (χ3v) is 4.93. The average Bonchev–Trinajstić information content (AvgIpc) is 2.96. The Hall–Kier alpha value is -2.12. The number of imidazole rings is 1. The molecule has 1 fully saturated rings. The number of amides is 2. The molecule has 1 aromatic heterocycles. The van der Waals surface area contributed by atoms with Gasteiger partial charge in [-0.2, -0.15) is 0 Å². The van der Waals surface area contributed by atoms with Gasteiger partial charge in [-0.3, -0.25) is 4.90 Å². The minimum absolute atomic E-state index is 0.0904. The van der Waals surface area contributed by atoms with E-state index >= 15 is 0 Å². The van der Waals surface area contributed by atoms with Crippen molar-refractivity contribution in [2.75, 3.05) is 38.1 Å². The molecule has 1 aromatic carbocycles. The summed E-state index contributed by atoms with van der Waals surface area (Å²) in [5, 5.41) is 12.4. The second-order valence-corrected chi connectivity index (χ2v) is 7.49. The van der Waals surface area contributed by atoms with Gasteiger partial charge in [-0.25, -0.2) is 9.78 Å². The number of aryl methyl sites for hydroxylation is 1. The van der Waals surface area contributed by atoms with E-state index in [2.05, 4.69) is 29.0 Å². The van der Waals surface area contributed by atoms with Crippen LogP contribution in [0.1, 0.15) is 20.3 Å². The third kappa shape index (κ3) is 4.16. The van der Waals surface area contributed by atoms with Gasteiger partial charge in [0.05, 0.1) is 17.4 Å². The standard InChI is InChI=1S/C19H29N5O2/c1-14(2)11-23-7-8-24(12-16(23)6-9-25)19(26)21-15-4-5-18-17(10-15)20-13-22(18)3/h4-5,10,13-14,16,25H,6-9,11-12H2,1-3H3,(H,21,26)/t16-/m0/s1. The van der Waals surface area contributed by atoms with Crippen LogP contribution in [0.25, 0.3) is 11.0 Å². The summed E-state index contributed by atoms with van der Waals surface area (Å²) in [4.78, 5) is 21.3. The van der Waals surface area contributed by atoms with Crippen molar-refractivity contribution >= 4 is 22.8 Å². The zero-order valence-electron chi connectivity index (χ0n) is 15.9. The van der Waals surface area contributed by atoms with Crippen molar-refractivity contribution in [3.8, 4) is 0 Å². The highest BCUT2D eigenvalue weighted by atomic mass is 16.3. The average molecular weight is 359 g/mol. The summed E-state index contributed by atoms with van der Waals surface area (Å²) < 4.78 is 1.95. The monoisotopic (exact) mass is 359 g/mol. The van der Waals surface area contributed by atoms with Crippen LogP contribution in [0, 0.1) is 5.92 Å².